The van der Waals surface area contributed by atoms with Crippen molar-refractivity contribution in [1.29, 1.82) is 0 Å². The predicted octanol–water partition coefficient (Wildman–Crippen LogP) is 2.26. The van der Waals surface area contributed by atoms with E-state index in [9.17, 15) is 13.2 Å². The SMILES string of the molecule is CC(CO)c1nc(C(F)(F)F)cs1. The Kier molecular flexibility index (Phi) is 2.92. The summed E-state index contributed by atoms with van der Waals surface area (Å²) < 4.78 is 36.2. The van der Waals surface area contributed by atoms with Gasteiger partial charge in [0.25, 0.3) is 0 Å². The number of aliphatic hydroxyl groups excluding tert-OH is 1. The summed E-state index contributed by atoms with van der Waals surface area (Å²) >= 11 is 0.918. The number of hydrogen-bond acceptors (Lipinski definition) is 3. The molecule has 74 valence electrons. The second-order valence-corrected chi connectivity index (χ2v) is 3.54. The van der Waals surface area contributed by atoms with Crippen LogP contribution in [-0.4, -0.2) is 16.7 Å². The smallest absolute Gasteiger partial charge is 0.396 e. The molecule has 2 nitrogen and oxygen atoms in total. The number of alkyl halides is 3. The van der Waals surface area contributed by atoms with E-state index in [1.165, 1.54) is 0 Å². The molecule has 1 unspecified atom stereocenters. The van der Waals surface area contributed by atoms with Gasteiger partial charge in [0.1, 0.15) is 0 Å². The quantitative estimate of drug-likeness (QED) is 0.813. The standard InChI is InChI=1S/C7H8F3NOS/c1-4(2-12)6-11-5(3-13-6)7(8,9)10/h3-4,12H,2H2,1H3. The van der Waals surface area contributed by atoms with Crippen LogP contribution >= 0.6 is 11.3 Å². The van der Waals surface area contributed by atoms with E-state index in [1.807, 2.05) is 0 Å². The molecule has 1 N–H and O–H groups in total. The molecule has 0 radical (unpaired) electrons. The average molecular weight is 211 g/mol. The number of hydrogen-bond donors (Lipinski definition) is 1. The molecule has 1 rings (SSSR count). The number of rotatable bonds is 2. The van der Waals surface area contributed by atoms with Gasteiger partial charge in [-0.3, -0.25) is 0 Å². The Labute approximate surface area is 77.0 Å². The second-order valence-electron chi connectivity index (χ2n) is 2.65. The highest BCUT2D eigenvalue weighted by Gasteiger charge is 2.34. The molecule has 13 heavy (non-hydrogen) atoms. The van der Waals surface area contributed by atoms with Crippen LogP contribution in [0.15, 0.2) is 5.38 Å². The van der Waals surface area contributed by atoms with Crippen molar-refractivity contribution in [3.8, 4) is 0 Å². The first kappa shape index (κ1) is 10.5. The third kappa shape index (κ3) is 2.41. The molecular weight excluding hydrogens is 203 g/mol. The van der Waals surface area contributed by atoms with Crippen molar-refractivity contribution >= 4 is 11.3 Å². The first-order chi connectivity index (χ1) is 5.95. The van der Waals surface area contributed by atoms with Gasteiger partial charge >= 0.3 is 6.18 Å². The Bertz CT molecular complexity index is 284. The van der Waals surface area contributed by atoms with E-state index >= 15 is 0 Å². The number of halogens is 3. The van der Waals surface area contributed by atoms with Crippen molar-refractivity contribution in [3.63, 3.8) is 0 Å². The molecule has 0 aliphatic carbocycles. The van der Waals surface area contributed by atoms with Crippen LogP contribution in [0.5, 0.6) is 0 Å². The summed E-state index contributed by atoms with van der Waals surface area (Å²) in [5.74, 6) is -0.332. The van der Waals surface area contributed by atoms with Gasteiger partial charge in [0.2, 0.25) is 0 Å². The van der Waals surface area contributed by atoms with Crippen molar-refractivity contribution in [3.05, 3.63) is 16.1 Å². The van der Waals surface area contributed by atoms with E-state index in [-0.39, 0.29) is 12.5 Å². The number of aliphatic hydroxyl groups is 1. The third-order valence-electron chi connectivity index (χ3n) is 1.51. The van der Waals surface area contributed by atoms with Crippen LogP contribution in [0, 0.1) is 0 Å². The molecule has 1 aromatic rings. The van der Waals surface area contributed by atoms with Gasteiger partial charge in [0.05, 0.1) is 11.6 Å². The number of aromatic nitrogens is 1. The van der Waals surface area contributed by atoms with Gasteiger partial charge in [-0.15, -0.1) is 11.3 Å². The van der Waals surface area contributed by atoms with Crippen LogP contribution in [0.25, 0.3) is 0 Å². The number of nitrogens with zero attached hydrogens (tertiary/aromatic N) is 1. The van der Waals surface area contributed by atoms with Crippen LogP contribution in [0.4, 0.5) is 13.2 Å². The largest absolute Gasteiger partial charge is 0.434 e. The van der Waals surface area contributed by atoms with Crippen LogP contribution in [-0.2, 0) is 6.18 Å². The molecule has 0 amide bonds. The Morgan fingerprint density at radius 1 is 1.62 bits per heavy atom. The van der Waals surface area contributed by atoms with Crippen LogP contribution < -0.4 is 0 Å². The monoisotopic (exact) mass is 211 g/mol. The molecule has 0 fully saturated rings. The first-order valence-electron chi connectivity index (χ1n) is 3.58. The molecule has 0 aliphatic heterocycles. The summed E-state index contributed by atoms with van der Waals surface area (Å²) in [4.78, 5) is 3.39. The molecular formula is C7H8F3NOS. The van der Waals surface area contributed by atoms with E-state index in [4.69, 9.17) is 5.11 Å². The molecule has 0 aromatic carbocycles. The van der Waals surface area contributed by atoms with Crippen molar-refractivity contribution < 1.29 is 18.3 Å². The predicted molar refractivity (Wildman–Crippen MR) is 42.6 cm³/mol. The zero-order chi connectivity index (χ0) is 10.1. The van der Waals surface area contributed by atoms with E-state index in [1.54, 1.807) is 6.92 Å². The summed E-state index contributed by atoms with van der Waals surface area (Å²) in [5, 5.41) is 9.96. The molecule has 1 heterocycles. The van der Waals surface area contributed by atoms with Gasteiger partial charge < -0.3 is 5.11 Å². The minimum absolute atomic E-state index is 0.190. The average Bonchev–Trinajstić information content (AvgIpc) is 2.50. The maximum atomic E-state index is 12.1. The van der Waals surface area contributed by atoms with Crippen molar-refractivity contribution in [2.45, 2.75) is 19.0 Å². The Morgan fingerprint density at radius 3 is 2.62 bits per heavy atom. The minimum Gasteiger partial charge on any atom is -0.396 e. The maximum absolute atomic E-state index is 12.1. The van der Waals surface area contributed by atoms with Crippen molar-refractivity contribution in [2.75, 3.05) is 6.61 Å². The fourth-order valence-corrected chi connectivity index (χ4v) is 1.60. The Balaban J connectivity index is 2.87. The van der Waals surface area contributed by atoms with Crippen LogP contribution in [0.3, 0.4) is 0 Å². The highest BCUT2D eigenvalue weighted by molar-refractivity contribution is 7.09. The molecule has 0 spiro atoms. The summed E-state index contributed by atoms with van der Waals surface area (Å²) in [5.41, 5.74) is -0.882. The second kappa shape index (κ2) is 3.63. The van der Waals surface area contributed by atoms with Crippen molar-refractivity contribution in [1.82, 2.24) is 4.98 Å². The molecule has 0 bridgehead atoms. The summed E-state index contributed by atoms with van der Waals surface area (Å²) in [6.07, 6.45) is -4.38. The lowest BCUT2D eigenvalue weighted by Crippen LogP contribution is -2.06. The van der Waals surface area contributed by atoms with Gasteiger partial charge in [-0.25, -0.2) is 4.98 Å². The highest BCUT2D eigenvalue weighted by Crippen LogP contribution is 2.31. The molecule has 1 atom stereocenters. The molecule has 1 aromatic heterocycles. The van der Waals surface area contributed by atoms with Gasteiger partial charge in [0, 0.05) is 11.3 Å². The number of thiazole rings is 1. The van der Waals surface area contributed by atoms with Gasteiger partial charge in [-0.2, -0.15) is 13.2 Å². The maximum Gasteiger partial charge on any atom is 0.434 e. The van der Waals surface area contributed by atoms with E-state index in [0.29, 0.717) is 5.01 Å². The zero-order valence-corrected chi connectivity index (χ0v) is 7.61. The Morgan fingerprint density at radius 2 is 2.23 bits per heavy atom. The first-order valence-corrected chi connectivity index (χ1v) is 4.46. The van der Waals surface area contributed by atoms with Crippen LogP contribution in [0.2, 0.25) is 0 Å². The van der Waals surface area contributed by atoms with Gasteiger partial charge in [0.15, 0.2) is 5.69 Å². The van der Waals surface area contributed by atoms with Gasteiger partial charge in [-0.1, -0.05) is 6.92 Å². The lowest BCUT2D eigenvalue weighted by atomic mass is 10.2. The summed E-state index contributed by atoms with van der Waals surface area (Å²) in [6, 6.07) is 0. The topological polar surface area (TPSA) is 33.1 Å². The fraction of sp³-hybridized carbons (Fsp3) is 0.571. The highest BCUT2D eigenvalue weighted by atomic mass is 32.1. The minimum atomic E-state index is -4.38. The summed E-state index contributed by atoms with van der Waals surface area (Å²) in [7, 11) is 0. The van der Waals surface area contributed by atoms with E-state index in [2.05, 4.69) is 4.98 Å². The van der Waals surface area contributed by atoms with Crippen LogP contribution in [0.1, 0.15) is 23.5 Å². The van der Waals surface area contributed by atoms with E-state index in [0.717, 1.165) is 16.7 Å². The third-order valence-corrected chi connectivity index (χ3v) is 2.58. The zero-order valence-electron chi connectivity index (χ0n) is 6.80. The fourth-order valence-electron chi connectivity index (χ4n) is 0.722. The Hall–Kier alpha value is -0.620. The molecule has 0 aliphatic rings. The lowest BCUT2D eigenvalue weighted by Gasteiger charge is -2.02. The molecule has 0 saturated heterocycles. The molecule has 6 heteroatoms. The molecule has 0 saturated carbocycles. The van der Waals surface area contributed by atoms with E-state index < -0.39 is 11.9 Å². The summed E-state index contributed by atoms with van der Waals surface area (Å²) in [6.45, 7) is 1.43. The normalized spacial score (nSPS) is 14.5. The van der Waals surface area contributed by atoms with Crippen molar-refractivity contribution in [2.24, 2.45) is 0 Å². The lowest BCUT2D eigenvalue weighted by molar-refractivity contribution is -0.140. The van der Waals surface area contributed by atoms with Gasteiger partial charge in [-0.05, 0) is 0 Å².